The smallest absolute Gasteiger partial charge is 0.159 e. The van der Waals surface area contributed by atoms with E-state index in [0.29, 0.717) is 0 Å². The van der Waals surface area contributed by atoms with Gasteiger partial charge in [-0.2, -0.15) is 0 Å². The number of rotatable bonds is 3. The van der Waals surface area contributed by atoms with E-state index in [4.69, 9.17) is 0 Å². The van der Waals surface area contributed by atoms with E-state index in [1.807, 2.05) is 7.05 Å². The van der Waals surface area contributed by atoms with E-state index in [9.17, 15) is 8.78 Å². The third kappa shape index (κ3) is 3.34. The Labute approximate surface area is 119 Å². The highest BCUT2D eigenvalue weighted by Gasteiger charge is 2.29. The van der Waals surface area contributed by atoms with Gasteiger partial charge in [-0.3, -0.25) is 0 Å². The molecule has 1 aromatic carbocycles. The van der Waals surface area contributed by atoms with Crippen LogP contribution in [-0.2, 0) is 0 Å². The van der Waals surface area contributed by atoms with Crippen molar-refractivity contribution in [1.29, 1.82) is 0 Å². The summed E-state index contributed by atoms with van der Waals surface area (Å²) in [4.78, 5) is 4.59. The molecule has 0 spiro atoms. The number of hydrogen-bond acceptors (Lipinski definition) is 3. The fourth-order valence-corrected chi connectivity index (χ4v) is 2.95. The second-order valence-electron chi connectivity index (χ2n) is 5.60. The average Bonchev–Trinajstić information content (AvgIpc) is 2.57. The Morgan fingerprint density at radius 3 is 2.60 bits per heavy atom. The van der Waals surface area contributed by atoms with Crippen molar-refractivity contribution < 1.29 is 8.78 Å². The lowest BCUT2D eigenvalue weighted by atomic mass is 9.97. The molecule has 2 atom stereocenters. The Morgan fingerprint density at radius 2 is 1.95 bits per heavy atom. The Bertz CT molecular complexity index is 453. The summed E-state index contributed by atoms with van der Waals surface area (Å²) >= 11 is 0. The maximum atomic E-state index is 13.5. The predicted molar refractivity (Wildman–Crippen MR) is 76.7 cm³/mol. The van der Waals surface area contributed by atoms with Crippen LogP contribution in [0.25, 0.3) is 0 Å². The molecule has 1 aliphatic heterocycles. The Balaban J connectivity index is 2.27. The third-order valence-electron chi connectivity index (χ3n) is 4.11. The molecule has 1 fully saturated rings. The van der Waals surface area contributed by atoms with Crippen molar-refractivity contribution in [3.8, 4) is 0 Å². The van der Waals surface area contributed by atoms with Crippen LogP contribution in [0.15, 0.2) is 18.2 Å². The molecule has 0 aromatic heterocycles. The molecule has 1 N–H and O–H groups in total. The number of halogens is 2. The number of likely N-dealkylation sites (N-methyl/N-ethyl adjacent to an activating group) is 3. The van der Waals surface area contributed by atoms with Crippen LogP contribution in [0.1, 0.15) is 18.0 Å². The van der Waals surface area contributed by atoms with E-state index < -0.39 is 11.6 Å². The highest BCUT2D eigenvalue weighted by Crippen LogP contribution is 2.24. The summed E-state index contributed by atoms with van der Waals surface area (Å²) in [7, 11) is 6.06. The van der Waals surface area contributed by atoms with Gasteiger partial charge in [-0.15, -0.1) is 0 Å². The zero-order valence-electron chi connectivity index (χ0n) is 12.4. The standard InChI is InChI=1S/C15H23F2N3/c1-18-15(11-5-6-12(16)13(17)9-11)14-10-19(2)7-4-8-20(14)3/h5-6,9,14-15,18H,4,7-8,10H2,1-3H3. The van der Waals surface area contributed by atoms with Crippen molar-refractivity contribution in [2.45, 2.75) is 18.5 Å². The Morgan fingerprint density at radius 1 is 1.20 bits per heavy atom. The summed E-state index contributed by atoms with van der Waals surface area (Å²) in [5.74, 6) is -1.58. The van der Waals surface area contributed by atoms with Gasteiger partial charge in [0.15, 0.2) is 11.6 Å². The zero-order chi connectivity index (χ0) is 14.7. The van der Waals surface area contributed by atoms with E-state index in [-0.39, 0.29) is 12.1 Å². The first-order chi connectivity index (χ1) is 9.52. The lowest BCUT2D eigenvalue weighted by Gasteiger charge is -2.34. The molecule has 5 heteroatoms. The van der Waals surface area contributed by atoms with Gasteiger partial charge in [-0.25, -0.2) is 8.78 Å². The van der Waals surface area contributed by atoms with Crippen molar-refractivity contribution in [3.05, 3.63) is 35.4 Å². The lowest BCUT2D eigenvalue weighted by Crippen LogP contribution is -2.46. The van der Waals surface area contributed by atoms with E-state index in [2.05, 4.69) is 29.2 Å². The van der Waals surface area contributed by atoms with Gasteiger partial charge in [0.1, 0.15) is 0 Å². The SMILES string of the molecule is CNC(c1ccc(F)c(F)c1)C1CN(C)CCCN1C. The molecule has 1 aromatic rings. The van der Waals surface area contributed by atoms with Gasteiger partial charge >= 0.3 is 0 Å². The van der Waals surface area contributed by atoms with Crippen LogP contribution < -0.4 is 5.32 Å². The number of benzene rings is 1. The third-order valence-corrected chi connectivity index (χ3v) is 4.11. The van der Waals surface area contributed by atoms with E-state index in [0.717, 1.165) is 31.6 Å². The Hall–Kier alpha value is -1.04. The minimum absolute atomic E-state index is 0.0179. The van der Waals surface area contributed by atoms with Gasteiger partial charge < -0.3 is 15.1 Å². The maximum absolute atomic E-state index is 13.5. The zero-order valence-corrected chi connectivity index (χ0v) is 12.4. The van der Waals surface area contributed by atoms with Crippen LogP contribution in [0, 0.1) is 11.6 Å². The molecule has 0 saturated carbocycles. The van der Waals surface area contributed by atoms with Gasteiger partial charge in [0.05, 0.1) is 0 Å². The van der Waals surface area contributed by atoms with E-state index in [1.165, 1.54) is 12.1 Å². The van der Waals surface area contributed by atoms with Crippen molar-refractivity contribution in [2.24, 2.45) is 0 Å². The highest BCUT2D eigenvalue weighted by atomic mass is 19.2. The molecule has 1 aliphatic rings. The summed E-state index contributed by atoms with van der Waals surface area (Å²) < 4.78 is 26.6. The molecule has 3 nitrogen and oxygen atoms in total. The molecule has 0 bridgehead atoms. The minimum Gasteiger partial charge on any atom is -0.312 e. The molecule has 1 saturated heterocycles. The van der Waals surface area contributed by atoms with E-state index in [1.54, 1.807) is 6.07 Å². The van der Waals surface area contributed by atoms with Gasteiger partial charge in [-0.05, 0) is 58.3 Å². The average molecular weight is 283 g/mol. The van der Waals surface area contributed by atoms with Gasteiger partial charge in [0, 0.05) is 18.6 Å². The second kappa shape index (κ2) is 6.61. The van der Waals surface area contributed by atoms with Crippen LogP contribution in [0.2, 0.25) is 0 Å². The predicted octanol–water partition coefficient (Wildman–Crippen LogP) is 1.86. The molecule has 2 rings (SSSR count). The maximum Gasteiger partial charge on any atom is 0.159 e. The summed E-state index contributed by atoms with van der Waals surface area (Å²) in [6.07, 6.45) is 1.12. The van der Waals surface area contributed by atoms with Crippen molar-refractivity contribution in [3.63, 3.8) is 0 Å². The van der Waals surface area contributed by atoms with Crippen LogP contribution in [0.5, 0.6) is 0 Å². The normalized spacial score (nSPS) is 23.6. The monoisotopic (exact) mass is 283 g/mol. The topological polar surface area (TPSA) is 18.5 Å². The summed E-state index contributed by atoms with van der Waals surface area (Å²) in [6.45, 7) is 2.98. The summed E-state index contributed by atoms with van der Waals surface area (Å²) in [5, 5.41) is 3.26. The molecular weight excluding hydrogens is 260 g/mol. The molecule has 0 amide bonds. The molecular formula is C15H23F2N3. The summed E-state index contributed by atoms with van der Waals surface area (Å²) in [6, 6.07) is 4.39. The minimum atomic E-state index is -0.796. The molecule has 1 heterocycles. The molecule has 0 radical (unpaired) electrons. The molecule has 112 valence electrons. The lowest BCUT2D eigenvalue weighted by molar-refractivity contribution is 0.182. The highest BCUT2D eigenvalue weighted by molar-refractivity contribution is 5.23. The quantitative estimate of drug-likeness (QED) is 0.913. The number of nitrogens with zero attached hydrogens (tertiary/aromatic N) is 2. The molecule has 2 unspecified atom stereocenters. The van der Waals surface area contributed by atoms with Crippen molar-refractivity contribution in [1.82, 2.24) is 15.1 Å². The van der Waals surface area contributed by atoms with Gasteiger partial charge in [0.2, 0.25) is 0 Å². The van der Waals surface area contributed by atoms with Crippen molar-refractivity contribution >= 4 is 0 Å². The van der Waals surface area contributed by atoms with Crippen molar-refractivity contribution in [2.75, 3.05) is 40.8 Å². The first kappa shape index (κ1) is 15.4. The second-order valence-corrected chi connectivity index (χ2v) is 5.60. The van der Waals surface area contributed by atoms with Crippen LogP contribution in [-0.4, -0.2) is 56.6 Å². The first-order valence-electron chi connectivity index (χ1n) is 7.04. The Kier molecular flexibility index (Phi) is 5.07. The van der Waals surface area contributed by atoms with Gasteiger partial charge in [0.25, 0.3) is 0 Å². The fraction of sp³-hybridized carbons (Fsp3) is 0.600. The van der Waals surface area contributed by atoms with Crippen LogP contribution in [0.3, 0.4) is 0 Å². The largest absolute Gasteiger partial charge is 0.312 e. The molecule has 0 aliphatic carbocycles. The molecule has 20 heavy (non-hydrogen) atoms. The van der Waals surface area contributed by atoms with Crippen LogP contribution >= 0.6 is 0 Å². The summed E-state index contributed by atoms with van der Waals surface area (Å²) in [5.41, 5.74) is 0.790. The van der Waals surface area contributed by atoms with E-state index >= 15 is 0 Å². The first-order valence-corrected chi connectivity index (χ1v) is 7.04. The number of nitrogens with one attached hydrogen (secondary N) is 1. The number of hydrogen-bond donors (Lipinski definition) is 1. The fourth-order valence-electron chi connectivity index (χ4n) is 2.95. The van der Waals surface area contributed by atoms with Gasteiger partial charge in [-0.1, -0.05) is 6.07 Å². The van der Waals surface area contributed by atoms with Crippen LogP contribution in [0.4, 0.5) is 8.78 Å².